The summed E-state index contributed by atoms with van der Waals surface area (Å²) in [4.78, 5) is 32.5. The topological polar surface area (TPSA) is 90.4 Å². The zero-order valence-corrected chi connectivity index (χ0v) is 16.3. The molecular formula is C18H19F2N3O4S. The Morgan fingerprint density at radius 3 is 2.46 bits per heavy atom. The Balaban J connectivity index is 1.89. The maximum absolute atomic E-state index is 12.4. The van der Waals surface area contributed by atoms with Crippen molar-refractivity contribution >= 4 is 29.3 Å². The Hall–Kier alpha value is -2.75. The first-order valence-corrected chi connectivity index (χ1v) is 9.22. The summed E-state index contributed by atoms with van der Waals surface area (Å²) in [5.74, 6) is -1.57. The van der Waals surface area contributed by atoms with E-state index >= 15 is 0 Å². The van der Waals surface area contributed by atoms with E-state index in [0.717, 1.165) is 23.1 Å². The number of esters is 1. The molecule has 0 fully saturated rings. The first-order chi connectivity index (χ1) is 13.2. The van der Waals surface area contributed by atoms with E-state index in [9.17, 15) is 18.4 Å². The van der Waals surface area contributed by atoms with E-state index in [1.807, 2.05) is 19.9 Å². The number of benzene rings is 1. The van der Waals surface area contributed by atoms with Gasteiger partial charge in [-0.1, -0.05) is 23.9 Å². The summed E-state index contributed by atoms with van der Waals surface area (Å²) >= 11 is 1.09. The average molecular weight is 411 g/mol. The van der Waals surface area contributed by atoms with Gasteiger partial charge >= 0.3 is 12.6 Å². The smallest absolute Gasteiger partial charge is 0.387 e. The van der Waals surface area contributed by atoms with Crippen molar-refractivity contribution in [2.24, 2.45) is 0 Å². The number of thioether (sulfide) groups is 1. The normalized spacial score (nSPS) is 11.8. The van der Waals surface area contributed by atoms with Gasteiger partial charge in [-0.3, -0.25) is 9.59 Å². The van der Waals surface area contributed by atoms with Crippen molar-refractivity contribution in [1.29, 1.82) is 0 Å². The fourth-order valence-electron chi connectivity index (χ4n) is 2.17. The number of alkyl halides is 2. The summed E-state index contributed by atoms with van der Waals surface area (Å²) in [6.07, 6.45) is -1.13. The molecule has 1 heterocycles. The van der Waals surface area contributed by atoms with E-state index < -0.39 is 24.6 Å². The number of aryl methyl sites for hydroxylation is 2. The van der Waals surface area contributed by atoms with Crippen LogP contribution in [0, 0.1) is 13.8 Å². The molecule has 0 aliphatic carbocycles. The molecule has 28 heavy (non-hydrogen) atoms. The molecule has 1 aromatic carbocycles. The quantitative estimate of drug-likeness (QED) is 0.405. The van der Waals surface area contributed by atoms with Crippen LogP contribution in [-0.2, 0) is 14.3 Å². The standard InChI is InChI=1S/C18H19F2N3O4S/c1-10-8-11(2)22-18(21-10)28-9-15(24)26-12(3)16(25)23-13-6-4-5-7-14(13)27-17(19)20/h4-8,12,17H,9H2,1-3H3,(H,23,25)/t12-/m1/s1. The summed E-state index contributed by atoms with van der Waals surface area (Å²) in [6.45, 7) is 1.98. The predicted octanol–water partition coefficient (Wildman–Crippen LogP) is 3.36. The number of carbonyl (C=O) groups excluding carboxylic acids is 2. The highest BCUT2D eigenvalue weighted by molar-refractivity contribution is 7.99. The van der Waals surface area contributed by atoms with Crippen molar-refractivity contribution in [3.05, 3.63) is 41.7 Å². The van der Waals surface area contributed by atoms with Gasteiger partial charge in [0.15, 0.2) is 11.3 Å². The summed E-state index contributed by atoms with van der Waals surface area (Å²) in [7, 11) is 0. The molecule has 0 saturated heterocycles. The van der Waals surface area contributed by atoms with Gasteiger partial charge in [-0.05, 0) is 39.0 Å². The molecule has 0 saturated carbocycles. The van der Waals surface area contributed by atoms with Crippen LogP contribution in [0.2, 0.25) is 0 Å². The molecule has 0 aliphatic heterocycles. The summed E-state index contributed by atoms with van der Waals surface area (Å²) in [5, 5.41) is 2.84. The van der Waals surface area contributed by atoms with Gasteiger partial charge in [0.05, 0.1) is 11.4 Å². The number of para-hydroxylation sites is 2. The predicted molar refractivity (Wildman–Crippen MR) is 99.5 cm³/mol. The van der Waals surface area contributed by atoms with Crippen LogP contribution >= 0.6 is 11.8 Å². The van der Waals surface area contributed by atoms with Crippen molar-refractivity contribution in [2.45, 2.75) is 38.6 Å². The van der Waals surface area contributed by atoms with Crippen LogP contribution < -0.4 is 10.1 Å². The molecular weight excluding hydrogens is 392 g/mol. The number of halogens is 2. The lowest BCUT2D eigenvalue weighted by Gasteiger charge is -2.15. The zero-order valence-electron chi connectivity index (χ0n) is 15.4. The van der Waals surface area contributed by atoms with Crippen LogP contribution in [0.5, 0.6) is 5.75 Å². The molecule has 2 rings (SSSR count). The average Bonchev–Trinajstić information content (AvgIpc) is 2.60. The molecule has 7 nitrogen and oxygen atoms in total. The number of anilines is 1. The number of nitrogens with one attached hydrogen (secondary N) is 1. The Morgan fingerprint density at radius 2 is 1.82 bits per heavy atom. The molecule has 0 radical (unpaired) electrons. The van der Waals surface area contributed by atoms with Crippen LogP contribution in [0.15, 0.2) is 35.5 Å². The number of hydrogen-bond acceptors (Lipinski definition) is 7. The van der Waals surface area contributed by atoms with E-state index in [0.29, 0.717) is 5.16 Å². The fraction of sp³-hybridized carbons (Fsp3) is 0.333. The van der Waals surface area contributed by atoms with Gasteiger partial charge in [0, 0.05) is 11.4 Å². The van der Waals surface area contributed by atoms with E-state index in [-0.39, 0.29) is 17.2 Å². The Kier molecular flexibility index (Phi) is 7.68. The minimum absolute atomic E-state index is 0.0497. The molecule has 150 valence electrons. The lowest BCUT2D eigenvalue weighted by molar-refractivity contribution is -0.150. The van der Waals surface area contributed by atoms with Crippen molar-refractivity contribution in [3.63, 3.8) is 0 Å². The van der Waals surface area contributed by atoms with Gasteiger partial charge in [-0.2, -0.15) is 8.78 Å². The third-order valence-corrected chi connectivity index (χ3v) is 4.14. The van der Waals surface area contributed by atoms with Crippen molar-refractivity contribution in [2.75, 3.05) is 11.1 Å². The highest BCUT2D eigenvalue weighted by Crippen LogP contribution is 2.25. The van der Waals surface area contributed by atoms with Gasteiger partial charge < -0.3 is 14.8 Å². The van der Waals surface area contributed by atoms with Crippen LogP contribution in [0.3, 0.4) is 0 Å². The second kappa shape index (κ2) is 9.98. The number of nitrogens with zero attached hydrogens (tertiary/aromatic N) is 2. The maximum atomic E-state index is 12.4. The first-order valence-electron chi connectivity index (χ1n) is 8.24. The van der Waals surface area contributed by atoms with Crippen molar-refractivity contribution < 1.29 is 27.8 Å². The molecule has 0 bridgehead atoms. The number of aromatic nitrogens is 2. The minimum atomic E-state index is -3.03. The minimum Gasteiger partial charge on any atom is -0.452 e. The van der Waals surface area contributed by atoms with Crippen molar-refractivity contribution in [3.8, 4) is 5.75 Å². The third kappa shape index (κ3) is 6.76. The lowest BCUT2D eigenvalue weighted by atomic mass is 10.2. The van der Waals surface area contributed by atoms with Gasteiger partial charge in [-0.25, -0.2) is 9.97 Å². The summed E-state index contributed by atoms with van der Waals surface area (Å²) < 4.78 is 34.3. The second-order valence-corrected chi connectivity index (χ2v) is 6.66. The molecule has 0 spiro atoms. The van der Waals surface area contributed by atoms with E-state index in [1.54, 1.807) is 6.07 Å². The summed E-state index contributed by atoms with van der Waals surface area (Å²) in [6, 6.07) is 7.54. The highest BCUT2D eigenvalue weighted by atomic mass is 32.2. The highest BCUT2D eigenvalue weighted by Gasteiger charge is 2.20. The number of hydrogen-bond donors (Lipinski definition) is 1. The molecule has 10 heteroatoms. The van der Waals surface area contributed by atoms with Crippen LogP contribution in [0.4, 0.5) is 14.5 Å². The number of amides is 1. The molecule has 1 atom stereocenters. The van der Waals surface area contributed by atoms with E-state index in [4.69, 9.17) is 4.74 Å². The Bertz CT molecular complexity index is 831. The summed E-state index contributed by atoms with van der Waals surface area (Å²) in [5.41, 5.74) is 1.61. The lowest BCUT2D eigenvalue weighted by Crippen LogP contribution is -2.30. The first kappa shape index (κ1) is 21.5. The van der Waals surface area contributed by atoms with Crippen LogP contribution in [0.1, 0.15) is 18.3 Å². The molecule has 1 aromatic heterocycles. The largest absolute Gasteiger partial charge is 0.452 e. The Labute approximate surface area is 164 Å². The van der Waals surface area contributed by atoms with Crippen molar-refractivity contribution in [1.82, 2.24) is 9.97 Å². The molecule has 1 N–H and O–H groups in total. The molecule has 0 aliphatic rings. The van der Waals surface area contributed by atoms with Gasteiger partial charge in [0.2, 0.25) is 0 Å². The molecule has 0 unspecified atom stereocenters. The van der Waals surface area contributed by atoms with Gasteiger partial charge in [-0.15, -0.1) is 0 Å². The van der Waals surface area contributed by atoms with E-state index in [1.165, 1.54) is 25.1 Å². The monoisotopic (exact) mass is 411 g/mol. The second-order valence-electron chi connectivity index (χ2n) is 5.72. The van der Waals surface area contributed by atoms with Gasteiger partial charge in [0.1, 0.15) is 5.75 Å². The van der Waals surface area contributed by atoms with Crippen LogP contribution in [0.25, 0.3) is 0 Å². The number of rotatable bonds is 8. The maximum Gasteiger partial charge on any atom is 0.387 e. The zero-order chi connectivity index (χ0) is 20.7. The van der Waals surface area contributed by atoms with Crippen LogP contribution in [-0.4, -0.2) is 40.3 Å². The fourth-order valence-corrected chi connectivity index (χ4v) is 2.90. The van der Waals surface area contributed by atoms with E-state index in [2.05, 4.69) is 20.0 Å². The Morgan fingerprint density at radius 1 is 1.18 bits per heavy atom. The molecule has 2 aromatic rings. The van der Waals surface area contributed by atoms with Gasteiger partial charge in [0.25, 0.3) is 5.91 Å². The third-order valence-electron chi connectivity index (χ3n) is 3.32. The SMILES string of the molecule is Cc1cc(C)nc(SCC(=O)O[C@H](C)C(=O)Nc2ccccc2OC(F)F)n1. The number of ether oxygens (including phenoxy) is 2. The molecule has 1 amide bonds. The number of carbonyl (C=O) groups is 2.